The number of fused-ring (bicyclic) bond motifs is 2. The van der Waals surface area contributed by atoms with Crippen LogP contribution in [0.2, 0.25) is 0 Å². The molecule has 0 bridgehead atoms. The number of hydrogen-bond donors (Lipinski definition) is 0. The molecule has 1 heterocycles. The van der Waals surface area contributed by atoms with Crippen LogP contribution >= 0.6 is 15.9 Å². The number of halogens is 1. The minimum Gasteiger partial charge on any atom is -0.497 e. The van der Waals surface area contributed by atoms with Crippen molar-refractivity contribution in [2.45, 2.75) is 19.3 Å². The van der Waals surface area contributed by atoms with Crippen LogP contribution in [0.4, 0.5) is 0 Å². The highest BCUT2D eigenvalue weighted by Crippen LogP contribution is 2.43. The fraction of sp³-hybridized carbons (Fsp3) is 0.267. The molecule has 0 amide bonds. The Kier molecular flexibility index (Phi) is 3.19. The number of benzene rings is 1. The molecule has 0 aromatic heterocycles. The summed E-state index contributed by atoms with van der Waals surface area (Å²) in [6.45, 7) is 0. The number of hydrogen-bond acceptors (Lipinski definition) is 3. The van der Waals surface area contributed by atoms with Gasteiger partial charge >= 0.3 is 0 Å². The summed E-state index contributed by atoms with van der Waals surface area (Å²) in [5, 5.41) is 0. The van der Waals surface area contributed by atoms with E-state index in [1.165, 1.54) is 0 Å². The first-order valence-corrected chi connectivity index (χ1v) is 6.97. The summed E-state index contributed by atoms with van der Waals surface area (Å²) in [6.07, 6.45) is 5.74. The molecule has 1 aromatic carbocycles. The lowest BCUT2D eigenvalue weighted by Gasteiger charge is -2.26. The zero-order chi connectivity index (χ0) is 13.4. The molecule has 0 saturated carbocycles. The normalized spacial score (nSPS) is 17.1. The van der Waals surface area contributed by atoms with Gasteiger partial charge in [0, 0.05) is 21.7 Å². The van der Waals surface area contributed by atoms with E-state index in [0.717, 1.165) is 64.0 Å². The summed E-state index contributed by atoms with van der Waals surface area (Å²) < 4.78 is 12.1. The van der Waals surface area contributed by atoms with E-state index in [0.29, 0.717) is 0 Å². The lowest BCUT2D eigenvalue weighted by atomic mass is 9.91. The highest BCUT2D eigenvalue weighted by molar-refractivity contribution is 9.10. The number of carbonyl (C=O) groups excluding carboxylic acids is 1. The van der Waals surface area contributed by atoms with Crippen molar-refractivity contribution < 1.29 is 14.3 Å². The van der Waals surface area contributed by atoms with Crippen LogP contribution in [0, 0.1) is 0 Å². The molecule has 0 radical (unpaired) electrons. The molecule has 2 aliphatic rings. The third kappa shape index (κ3) is 2.10. The van der Waals surface area contributed by atoms with Crippen molar-refractivity contribution in [3.05, 3.63) is 39.1 Å². The minimum absolute atomic E-state index is 0.728. The molecule has 4 heteroatoms. The van der Waals surface area contributed by atoms with E-state index in [1.54, 1.807) is 7.11 Å². The Labute approximate surface area is 120 Å². The van der Waals surface area contributed by atoms with Crippen LogP contribution in [-0.4, -0.2) is 13.4 Å². The van der Waals surface area contributed by atoms with Gasteiger partial charge in [0.2, 0.25) is 0 Å². The van der Waals surface area contributed by atoms with Crippen molar-refractivity contribution in [3.8, 4) is 11.5 Å². The first-order chi connectivity index (χ1) is 9.22. The van der Waals surface area contributed by atoms with Crippen LogP contribution in [0.1, 0.15) is 24.8 Å². The van der Waals surface area contributed by atoms with Gasteiger partial charge in [0.1, 0.15) is 23.5 Å². The summed E-state index contributed by atoms with van der Waals surface area (Å²) in [7, 11) is 1.62. The molecule has 1 aliphatic carbocycles. The van der Waals surface area contributed by atoms with E-state index < -0.39 is 0 Å². The molecular formula is C15H13BrO3. The first-order valence-electron chi connectivity index (χ1n) is 6.17. The topological polar surface area (TPSA) is 35.5 Å². The van der Waals surface area contributed by atoms with Gasteiger partial charge in [0.25, 0.3) is 0 Å². The smallest absolute Gasteiger partial charge is 0.149 e. The number of ether oxygens (including phenoxy) is 2. The van der Waals surface area contributed by atoms with Crippen molar-refractivity contribution in [1.82, 2.24) is 0 Å². The Morgan fingerprint density at radius 1 is 1.37 bits per heavy atom. The van der Waals surface area contributed by atoms with E-state index in [1.807, 2.05) is 12.1 Å². The second kappa shape index (κ2) is 4.85. The summed E-state index contributed by atoms with van der Waals surface area (Å²) >= 11 is 3.53. The maximum atomic E-state index is 11.1. The minimum atomic E-state index is 0.728. The van der Waals surface area contributed by atoms with Crippen LogP contribution in [0.3, 0.4) is 0 Å². The largest absolute Gasteiger partial charge is 0.497 e. The third-order valence-electron chi connectivity index (χ3n) is 3.45. The van der Waals surface area contributed by atoms with Gasteiger partial charge in [0.15, 0.2) is 0 Å². The van der Waals surface area contributed by atoms with Gasteiger partial charge in [-0.15, -0.1) is 0 Å². The standard InChI is InChI=1S/C15H13BrO3/c1-18-11-6-13(16)12-5-9-3-2-4-10(8-17)15(9)19-14(12)7-11/h5-8H,2-4H2,1H3. The van der Waals surface area contributed by atoms with Crippen molar-refractivity contribution in [3.63, 3.8) is 0 Å². The van der Waals surface area contributed by atoms with Gasteiger partial charge in [-0.1, -0.05) is 0 Å². The predicted octanol–water partition coefficient (Wildman–Crippen LogP) is 3.87. The van der Waals surface area contributed by atoms with Crippen molar-refractivity contribution >= 4 is 28.3 Å². The number of carbonyl (C=O) groups is 1. The van der Waals surface area contributed by atoms with Gasteiger partial charge in [-0.3, -0.25) is 4.79 Å². The fourth-order valence-electron chi connectivity index (χ4n) is 2.48. The molecule has 1 aromatic rings. The zero-order valence-corrected chi connectivity index (χ0v) is 12.1. The Morgan fingerprint density at radius 2 is 2.21 bits per heavy atom. The van der Waals surface area contributed by atoms with Gasteiger partial charge in [-0.05, 0) is 52.9 Å². The van der Waals surface area contributed by atoms with Gasteiger partial charge in [0.05, 0.1) is 7.11 Å². The maximum Gasteiger partial charge on any atom is 0.149 e. The second-order valence-corrected chi connectivity index (χ2v) is 5.47. The van der Waals surface area contributed by atoms with Crippen LogP contribution in [0.5, 0.6) is 11.5 Å². The van der Waals surface area contributed by atoms with Crippen LogP contribution < -0.4 is 9.47 Å². The molecular weight excluding hydrogens is 308 g/mol. The van der Waals surface area contributed by atoms with E-state index >= 15 is 0 Å². The Bertz CT molecular complexity index is 614. The van der Waals surface area contributed by atoms with Gasteiger partial charge in [-0.2, -0.15) is 0 Å². The molecule has 3 rings (SSSR count). The lowest BCUT2D eigenvalue weighted by molar-refractivity contribution is -0.105. The average Bonchev–Trinajstić information content (AvgIpc) is 2.44. The number of rotatable bonds is 2. The zero-order valence-electron chi connectivity index (χ0n) is 10.5. The molecule has 0 spiro atoms. The molecule has 98 valence electrons. The summed E-state index contributed by atoms with van der Waals surface area (Å²) in [5.74, 6) is 2.19. The molecule has 1 aliphatic heterocycles. The van der Waals surface area contributed by atoms with Gasteiger partial charge < -0.3 is 9.47 Å². The Balaban J connectivity index is 2.16. The van der Waals surface area contributed by atoms with Crippen LogP contribution in [0.25, 0.3) is 6.08 Å². The average molecular weight is 321 g/mol. The maximum absolute atomic E-state index is 11.1. The monoisotopic (exact) mass is 320 g/mol. The molecule has 19 heavy (non-hydrogen) atoms. The van der Waals surface area contributed by atoms with E-state index in [2.05, 4.69) is 22.0 Å². The SMILES string of the molecule is COc1cc(Br)c2c(c1)OC1=C(C=O)CCCC1=C2. The fourth-order valence-corrected chi connectivity index (χ4v) is 3.01. The Morgan fingerprint density at radius 3 is 2.95 bits per heavy atom. The molecule has 0 unspecified atom stereocenters. The number of methoxy groups -OCH3 is 1. The predicted molar refractivity (Wildman–Crippen MR) is 76.2 cm³/mol. The van der Waals surface area contributed by atoms with E-state index in [9.17, 15) is 4.79 Å². The lowest BCUT2D eigenvalue weighted by Crippen LogP contribution is -2.13. The molecule has 0 saturated heterocycles. The quantitative estimate of drug-likeness (QED) is 0.776. The van der Waals surface area contributed by atoms with Crippen molar-refractivity contribution in [2.75, 3.05) is 7.11 Å². The molecule has 0 atom stereocenters. The second-order valence-electron chi connectivity index (χ2n) is 4.62. The number of aldehydes is 1. The first kappa shape index (κ1) is 12.5. The number of allylic oxidation sites excluding steroid dienone is 2. The highest BCUT2D eigenvalue weighted by Gasteiger charge is 2.25. The molecule has 0 fully saturated rings. The summed E-state index contributed by atoms with van der Waals surface area (Å²) in [5.41, 5.74) is 2.86. The summed E-state index contributed by atoms with van der Waals surface area (Å²) in [4.78, 5) is 11.1. The van der Waals surface area contributed by atoms with Gasteiger partial charge in [-0.25, -0.2) is 0 Å². The van der Waals surface area contributed by atoms with Crippen molar-refractivity contribution in [1.29, 1.82) is 0 Å². The van der Waals surface area contributed by atoms with E-state index in [-0.39, 0.29) is 0 Å². The van der Waals surface area contributed by atoms with E-state index in [4.69, 9.17) is 9.47 Å². The Hall–Kier alpha value is -1.55. The highest BCUT2D eigenvalue weighted by atomic mass is 79.9. The molecule has 3 nitrogen and oxygen atoms in total. The third-order valence-corrected chi connectivity index (χ3v) is 4.11. The van der Waals surface area contributed by atoms with Crippen LogP contribution in [0.15, 0.2) is 33.5 Å². The van der Waals surface area contributed by atoms with Crippen LogP contribution in [-0.2, 0) is 4.79 Å². The summed E-state index contributed by atoms with van der Waals surface area (Å²) in [6, 6.07) is 3.76. The molecule has 0 N–H and O–H groups in total. The van der Waals surface area contributed by atoms with Crippen molar-refractivity contribution in [2.24, 2.45) is 0 Å².